The van der Waals surface area contributed by atoms with Gasteiger partial charge in [0, 0.05) is 17.7 Å². The van der Waals surface area contributed by atoms with Gasteiger partial charge in [-0.25, -0.2) is 4.79 Å². The molecule has 1 unspecified atom stereocenters. The topological polar surface area (TPSA) is 90.7 Å². The van der Waals surface area contributed by atoms with Gasteiger partial charge in [-0.1, -0.05) is 43.5 Å². The highest BCUT2D eigenvalue weighted by molar-refractivity contribution is 5.70. The van der Waals surface area contributed by atoms with E-state index < -0.39 is 17.1 Å². The van der Waals surface area contributed by atoms with Crippen LogP contribution in [0.4, 0.5) is 10.5 Å². The van der Waals surface area contributed by atoms with Crippen molar-refractivity contribution in [2.24, 2.45) is 0 Å². The molecule has 2 aromatic carbocycles. The van der Waals surface area contributed by atoms with Crippen molar-refractivity contribution < 1.29 is 19.2 Å². The van der Waals surface area contributed by atoms with Gasteiger partial charge in [0.05, 0.1) is 4.92 Å². The van der Waals surface area contributed by atoms with Crippen LogP contribution < -0.4 is 10.1 Å². The SMILES string of the molecule is O=C(NC1CCCCC1)OC1c2ccccc2Oc2cccc([N+](=O)[O-])c21. The number of carbonyl (C=O) groups excluding carboxylic acids is 1. The molecule has 1 saturated carbocycles. The normalized spacial score (nSPS) is 18.6. The number of nitro benzene ring substituents is 1. The molecular weight excluding hydrogens is 348 g/mol. The highest BCUT2D eigenvalue weighted by atomic mass is 16.6. The van der Waals surface area contributed by atoms with Crippen LogP contribution in [0.2, 0.25) is 0 Å². The Kier molecular flexibility index (Phi) is 4.66. The van der Waals surface area contributed by atoms with E-state index in [1.165, 1.54) is 12.5 Å². The van der Waals surface area contributed by atoms with E-state index in [9.17, 15) is 14.9 Å². The lowest BCUT2D eigenvalue weighted by Crippen LogP contribution is -2.37. The van der Waals surface area contributed by atoms with Crippen molar-refractivity contribution in [2.45, 2.75) is 44.2 Å². The summed E-state index contributed by atoms with van der Waals surface area (Å²) in [7, 11) is 0. The van der Waals surface area contributed by atoms with Gasteiger partial charge in [-0.2, -0.15) is 0 Å². The Balaban J connectivity index is 1.66. The Morgan fingerprint density at radius 3 is 2.59 bits per heavy atom. The number of hydrogen-bond acceptors (Lipinski definition) is 5. The lowest BCUT2D eigenvalue weighted by molar-refractivity contribution is -0.386. The fraction of sp³-hybridized carbons (Fsp3) is 0.350. The summed E-state index contributed by atoms with van der Waals surface area (Å²) >= 11 is 0. The first-order valence-electron chi connectivity index (χ1n) is 9.14. The zero-order valence-electron chi connectivity index (χ0n) is 14.7. The van der Waals surface area contributed by atoms with E-state index in [0.29, 0.717) is 17.1 Å². The van der Waals surface area contributed by atoms with Crippen LogP contribution in [0.15, 0.2) is 42.5 Å². The molecule has 1 aliphatic carbocycles. The van der Waals surface area contributed by atoms with E-state index in [2.05, 4.69) is 5.32 Å². The van der Waals surface area contributed by atoms with Crippen molar-refractivity contribution in [3.05, 3.63) is 63.7 Å². The second-order valence-electron chi connectivity index (χ2n) is 6.85. The maximum atomic E-state index is 12.5. The second-order valence-corrected chi connectivity index (χ2v) is 6.85. The number of rotatable bonds is 3. The molecule has 7 nitrogen and oxygen atoms in total. The maximum absolute atomic E-state index is 12.5. The van der Waals surface area contributed by atoms with Crippen LogP contribution in [0, 0.1) is 10.1 Å². The number of nitro groups is 1. The van der Waals surface area contributed by atoms with Gasteiger partial charge in [0.25, 0.3) is 5.69 Å². The van der Waals surface area contributed by atoms with E-state index in [0.717, 1.165) is 25.7 Å². The number of alkyl carbamates (subject to hydrolysis) is 1. The summed E-state index contributed by atoms with van der Waals surface area (Å²) in [6, 6.07) is 11.8. The summed E-state index contributed by atoms with van der Waals surface area (Å²) in [5.74, 6) is 0.860. The summed E-state index contributed by atoms with van der Waals surface area (Å²) in [5.41, 5.74) is 0.732. The fourth-order valence-electron chi connectivity index (χ4n) is 3.79. The number of hydrogen-bond donors (Lipinski definition) is 1. The summed E-state index contributed by atoms with van der Waals surface area (Å²) in [6.45, 7) is 0. The molecule has 1 aliphatic heterocycles. The number of nitrogens with zero attached hydrogens (tertiary/aromatic N) is 1. The summed E-state index contributed by atoms with van der Waals surface area (Å²) < 4.78 is 11.5. The van der Waals surface area contributed by atoms with Crippen LogP contribution in [0.3, 0.4) is 0 Å². The maximum Gasteiger partial charge on any atom is 0.408 e. The van der Waals surface area contributed by atoms with Gasteiger partial charge < -0.3 is 14.8 Å². The third kappa shape index (κ3) is 3.45. The van der Waals surface area contributed by atoms with E-state index in [1.54, 1.807) is 36.4 Å². The van der Waals surface area contributed by atoms with E-state index in [-0.39, 0.29) is 17.3 Å². The molecule has 27 heavy (non-hydrogen) atoms. The molecule has 7 heteroatoms. The van der Waals surface area contributed by atoms with Crippen LogP contribution >= 0.6 is 0 Å². The molecule has 1 amide bonds. The number of para-hydroxylation sites is 1. The molecular formula is C20H20N2O5. The van der Waals surface area contributed by atoms with Gasteiger partial charge in [0.15, 0.2) is 6.10 Å². The first-order chi connectivity index (χ1) is 13.1. The third-order valence-corrected chi connectivity index (χ3v) is 5.08. The quantitative estimate of drug-likeness (QED) is 0.618. The Morgan fingerprint density at radius 1 is 1.07 bits per heavy atom. The molecule has 0 saturated heterocycles. The fourth-order valence-corrected chi connectivity index (χ4v) is 3.79. The second kappa shape index (κ2) is 7.26. The molecule has 4 rings (SSSR count). The van der Waals surface area contributed by atoms with Gasteiger partial charge in [0.2, 0.25) is 0 Å². The lowest BCUT2D eigenvalue weighted by atomic mass is 9.95. The molecule has 0 radical (unpaired) electrons. The van der Waals surface area contributed by atoms with Crippen molar-refractivity contribution >= 4 is 11.8 Å². The Labute approximate surface area is 156 Å². The van der Waals surface area contributed by atoms with Gasteiger partial charge in [0.1, 0.15) is 17.1 Å². The van der Waals surface area contributed by atoms with Gasteiger partial charge in [-0.15, -0.1) is 0 Å². The molecule has 1 fully saturated rings. The predicted octanol–water partition coefficient (Wildman–Crippen LogP) is 4.85. The number of nitrogens with one attached hydrogen (secondary N) is 1. The molecule has 0 spiro atoms. The lowest BCUT2D eigenvalue weighted by Gasteiger charge is -2.29. The van der Waals surface area contributed by atoms with Crippen molar-refractivity contribution in [2.75, 3.05) is 0 Å². The minimum Gasteiger partial charge on any atom is -0.456 e. The van der Waals surface area contributed by atoms with Gasteiger partial charge >= 0.3 is 6.09 Å². The molecule has 1 heterocycles. The molecule has 1 atom stereocenters. The Bertz CT molecular complexity index is 876. The Morgan fingerprint density at radius 2 is 1.81 bits per heavy atom. The van der Waals surface area contributed by atoms with Gasteiger partial charge in [-0.3, -0.25) is 10.1 Å². The number of ether oxygens (including phenoxy) is 2. The van der Waals surface area contributed by atoms with E-state index >= 15 is 0 Å². The number of amides is 1. The number of benzene rings is 2. The van der Waals surface area contributed by atoms with Crippen LogP contribution in [0.1, 0.15) is 49.3 Å². The molecule has 1 N–H and O–H groups in total. The first-order valence-corrected chi connectivity index (χ1v) is 9.14. The zero-order valence-corrected chi connectivity index (χ0v) is 14.7. The molecule has 0 aromatic heterocycles. The van der Waals surface area contributed by atoms with Crippen molar-refractivity contribution in [1.82, 2.24) is 5.32 Å². The summed E-state index contributed by atoms with van der Waals surface area (Å²) in [5, 5.41) is 14.4. The molecule has 140 valence electrons. The predicted molar refractivity (Wildman–Crippen MR) is 97.9 cm³/mol. The van der Waals surface area contributed by atoms with E-state index in [1.807, 2.05) is 0 Å². The molecule has 2 aliphatic rings. The average Bonchev–Trinajstić information content (AvgIpc) is 2.68. The first kappa shape index (κ1) is 17.3. The Hall–Kier alpha value is -3.09. The zero-order chi connectivity index (χ0) is 18.8. The smallest absolute Gasteiger partial charge is 0.408 e. The summed E-state index contributed by atoms with van der Waals surface area (Å²) in [4.78, 5) is 23.6. The largest absolute Gasteiger partial charge is 0.456 e. The monoisotopic (exact) mass is 368 g/mol. The van der Waals surface area contributed by atoms with Crippen LogP contribution in [0.5, 0.6) is 11.5 Å². The van der Waals surface area contributed by atoms with Crippen molar-refractivity contribution in [1.29, 1.82) is 0 Å². The third-order valence-electron chi connectivity index (χ3n) is 5.08. The highest BCUT2D eigenvalue weighted by Crippen LogP contribution is 2.48. The minimum atomic E-state index is -0.893. The molecule has 2 aromatic rings. The highest BCUT2D eigenvalue weighted by Gasteiger charge is 2.36. The van der Waals surface area contributed by atoms with Crippen LogP contribution in [0.25, 0.3) is 0 Å². The van der Waals surface area contributed by atoms with Gasteiger partial charge in [-0.05, 0) is 25.0 Å². The van der Waals surface area contributed by atoms with Crippen LogP contribution in [-0.4, -0.2) is 17.1 Å². The minimum absolute atomic E-state index is 0.0894. The standard InChI is InChI=1S/C20H20N2O5/c23-20(21-13-7-2-1-3-8-13)27-19-14-9-4-5-11-16(14)26-17-12-6-10-15(18(17)19)22(24)25/h4-6,9-13,19H,1-3,7-8H2,(H,21,23). The molecule has 0 bridgehead atoms. The average molecular weight is 368 g/mol. The van der Waals surface area contributed by atoms with E-state index in [4.69, 9.17) is 9.47 Å². The van der Waals surface area contributed by atoms with Crippen molar-refractivity contribution in [3.63, 3.8) is 0 Å². The van der Waals surface area contributed by atoms with Crippen LogP contribution in [-0.2, 0) is 4.74 Å². The number of carbonyl (C=O) groups is 1. The summed E-state index contributed by atoms with van der Waals surface area (Å²) in [6.07, 6.45) is 3.74. The van der Waals surface area contributed by atoms with Crippen molar-refractivity contribution in [3.8, 4) is 11.5 Å². The number of fused-ring (bicyclic) bond motifs is 2.